The van der Waals surface area contributed by atoms with Crippen LogP contribution in [-0.4, -0.2) is 29.5 Å². The van der Waals surface area contributed by atoms with Gasteiger partial charge < -0.3 is 9.47 Å². The minimum Gasteiger partial charge on any atom is -0.490 e. The Balaban J connectivity index is 1.32. The Kier molecular flexibility index (Phi) is 8.87. The number of benzene rings is 3. The van der Waals surface area contributed by atoms with Gasteiger partial charge in [-0.3, -0.25) is 4.79 Å². The van der Waals surface area contributed by atoms with E-state index in [9.17, 15) is 4.79 Å². The maximum absolute atomic E-state index is 12.2. The van der Waals surface area contributed by atoms with Gasteiger partial charge >= 0.3 is 0 Å². The van der Waals surface area contributed by atoms with Gasteiger partial charge in [0.05, 0.1) is 28.8 Å². The van der Waals surface area contributed by atoms with E-state index >= 15 is 0 Å². The Morgan fingerprint density at radius 1 is 1.11 bits per heavy atom. The molecule has 0 aliphatic rings. The summed E-state index contributed by atoms with van der Waals surface area (Å²) in [6.07, 6.45) is 1.56. The van der Waals surface area contributed by atoms with Crippen LogP contribution in [0.4, 0.5) is 0 Å². The van der Waals surface area contributed by atoms with Crippen molar-refractivity contribution in [2.45, 2.75) is 17.9 Å². The number of carbonyl (C=O) groups is 1. The zero-order valence-corrected chi connectivity index (χ0v) is 21.8. The predicted molar refractivity (Wildman–Crippen MR) is 144 cm³/mol. The van der Waals surface area contributed by atoms with Gasteiger partial charge in [-0.1, -0.05) is 53.2 Å². The van der Waals surface area contributed by atoms with Crippen molar-refractivity contribution in [2.24, 2.45) is 5.10 Å². The van der Waals surface area contributed by atoms with Gasteiger partial charge in [0.2, 0.25) is 0 Å². The number of amides is 1. The molecule has 0 unspecified atom stereocenters. The minimum absolute atomic E-state index is 0.213. The highest BCUT2D eigenvalue weighted by molar-refractivity contribution is 8.01. The molecule has 4 aromatic rings. The summed E-state index contributed by atoms with van der Waals surface area (Å²) in [6, 6.07) is 18.6. The summed E-state index contributed by atoms with van der Waals surface area (Å²) < 4.78 is 13.6. The Hall–Kier alpha value is -2.78. The number of carbonyl (C=O) groups excluding carboxylic acids is 1. The lowest BCUT2D eigenvalue weighted by Crippen LogP contribution is -2.19. The highest BCUT2D eigenvalue weighted by Gasteiger charge is 2.09. The quantitative estimate of drug-likeness (QED) is 0.134. The van der Waals surface area contributed by atoms with Crippen LogP contribution in [0.25, 0.3) is 10.2 Å². The van der Waals surface area contributed by atoms with E-state index in [0.717, 1.165) is 25.7 Å². The number of nitrogens with zero attached hydrogens (tertiary/aromatic N) is 2. The molecule has 4 rings (SSSR count). The minimum atomic E-state index is -0.213. The summed E-state index contributed by atoms with van der Waals surface area (Å²) in [5.74, 6) is 1.15. The molecule has 1 amide bonds. The fourth-order valence-corrected chi connectivity index (χ4v) is 5.36. The molecule has 0 bridgehead atoms. The van der Waals surface area contributed by atoms with E-state index in [-0.39, 0.29) is 18.3 Å². The van der Waals surface area contributed by atoms with Crippen LogP contribution in [-0.2, 0) is 11.4 Å². The van der Waals surface area contributed by atoms with E-state index in [1.807, 2.05) is 43.3 Å². The first kappa shape index (κ1) is 25.3. The zero-order valence-electron chi connectivity index (χ0n) is 18.7. The van der Waals surface area contributed by atoms with Crippen molar-refractivity contribution in [1.29, 1.82) is 0 Å². The molecule has 1 heterocycles. The van der Waals surface area contributed by atoms with Crippen molar-refractivity contribution >= 4 is 68.6 Å². The fourth-order valence-electron chi connectivity index (χ4n) is 3.04. The standard InChI is InChI=1S/C25H21Cl2N3O3S2/c1-2-32-22-11-16(7-10-21(22)33-14-17-8-9-18(26)12-19(17)27)13-28-30-24(31)15-34-25-29-20-5-3-4-6-23(20)35-25/h3-13H,2,14-15H2,1H3,(H,30,31)/b28-13-. The second-order valence-corrected chi connectivity index (χ2v) is 10.3. The number of hydrazone groups is 1. The molecule has 0 aliphatic carbocycles. The van der Waals surface area contributed by atoms with Crippen molar-refractivity contribution in [1.82, 2.24) is 10.4 Å². The Morgan fingerprint density at radius 3 is 2.77 bits per heavy atom. The smallest absolute Gasteiger partial charge is 0.250 e. The van der Waals surface area contributed by atoms with Crippen LogP contribution in [0.15, 0.2) is 70.1 Å². The van der Waals surface area contributed by atoms with E-state index in [0.29, 0.717) is 28.2 Å². The highest BCUT2D eigenvalue weighted by Crippen LogP contribution is 2.31. The lowest BCUT2D eigenvalue weighted by atomic mass is 10.2. The van der Waals surface area contributed by atoms with Crippen molar-refractivity contribution < 1.29 is 14.3 Å². The van der Waals surface area contributed by atoms with Crippen molar-refractivity contribution in [3.63, 3.8) is 0 Å². The molecule has 35 heavy (non-hydrogen) atoms. The first-order chi connectivity index (χ1) is 17.0. The van der Waals surface area contributed by atoms with Crippen LogP contribution in [0, 0.1) is 0 Å². The molecule has 1 aromatic heterocycles. The monoisotopic (exact) mass is 545 g/mol. The number of fused-ring (bicyclic) bond motifs is 1. The van der Waals surface area contributed by atoms with Crippen LogP contribution in [0.5, 0.6) is 11.5 Å². The summed E-state index contributed by atoms with van der Waals surface area (Å²) in [5.41, 5.74) is 5.05. The lowest BCUT2D eigenvalue weighted by Gasteiger charge is -2.13. The SMILES string of the molecule is CCOc1cc(/C=N\NC(=O)CSc2nc3ccccc3s2)ccc1OCc1ccc(Cl)cc1Cl. The molecule has 180 valence electrons. The van der Waals surface area contributed by atoms with Crippen LogP contribution in [0.2, 0.25) is 10.0 Å². The first-order valence-corrected chi connectivity index (χ1v) is 13.2. The number of hydrogen-bond acceptors (Lipinski definition) is 7. The summed E-state index contributed by atoms with van der Waals surface area (Å²) in [7, 11) is 0. The Labute approximate surface area is 221 Å². The highest BCUT2D eigenvalue weighted by atomic mass is 35.5. The summed E-state index contributed by atoms with van der Waals surface area (Å²) in [4.78, 5) is 16.7. The van der Waals surface area contributed by atoms with Gasteiger partial charge in [-0.2, -0.15) is 5.10 Å². The van der Waals surface area contributed by atoms with Gasteiger partial charge in [0.15, 0.2) is 15.8 Å². The summed E-state index contributed by atoms with van der Waals surface area (Å²) in [6.45, 7) is 2.63. The Morgan fingerprint density at radius 2 is 1.97 bits per heavy atom. The van der Waals surface area contributed by atoms with E-state index in [4.69, 9.17) is 32.7 Å². The predicted octanol–water partition coefficient (Wildman–Crippen LogP) is 6.82. The number of halogens is 2. The lowest BCUT2D eigenvalue weighted by molar-refractivity contribution is -0.118. The molecular weight excluding hydrogens is 525 g/mol. The summed E-state index contributed by atoms with van der Waals surface area (Å²) >= 11 is 15.1. The number of thioether (sulfide) groups is 1. The fraction of sp³-hybridized carbons (Fsp3) is 0.160. The van der Waals surface area contributed by atoms with E-state index in [2.05, 4.69) is 15.5 Å². The van der Waals surface area contributed by atoms with E-state index in [1.54, 1.807) is 41.8 Å². The number of thiazole rings is 1. The molecule has 10 heteroatoms. The third-order valence-electron chi connectivity index (χ3n) is 4.67. The second kappa shape index (κ2) is 12.3. The maximum atomic E-state index is 12.2. The third-order valence-corrected chi connectivity index (χ3v) is 7.44. The number of rotatable bonds is 10. The molecule has 0 aliphatic heterocycles. The molecule has 3 aromatic carbocycles. The van der Waals surface area contributed by atoms with Crippen molar-refractivity contribution in [3.05, 3.63) is 81.8 Å². The van der Waals surface area contributed by atoms with E-state index in [1.165, 1.54) is 11.8 Å². The normalized spacial score (nSPS) is 11.2. The van der Waals surface area contributed by atoms with Crippen molar-refractivity contribution in [3.8, 4) is 11.5 Å². The Bertz CT molecular complexity index is 1330. The van der Waals surface area contributed by atoms with Gasteiger partial charge in [-0.25, -0.2) is 10.4 Å². The van der Waals surface area contributed by atoms with Gasteiger partial charge in [-0.05, 0) is 55.0 Å². The number of aromatic nitrogens is 1. The molecule has 0 atom stereocenters. The number of ether oxygens (including phenoxy) is 2. The largest absolute Gasteiger partial charge is 0.490 e. The van der Waals surface area contributed by atoms with Gasteiger partial charge in [-0.15, -0.1) is 11.3 Å². The summed E-state index contributed by atoms with van der Waals surface area (Å²) in [5, 5.41) is 5.17. The molecule has 0 spiro atoms. The average molecular weight is 547 g/mol. The molecule has 6 nitrogen and oxygen atoms in total. The number of nitrogens with one attached hydrogen (secondary N) is 1. The number of para-hydroxylation sites is 1. The topological polar surface area (TPSA) is 72.8 Å². The second-order valence-electron chi connectivity index (χ2n) is 7.19. The van der Waals surface area contributed by atoms with Crippen LogP contribution in [0.1, 0.15) is 18.1 Å². The molecule has 0 saturated carbocycles. The molecule has 0 radical (unpaired) electrons. The maximum Gasteiger partial charge on any atom is 0.250 e. The van der Waals surface area contributed by atoms with Crippen LogP contribution in [0.3, 0.4) is 0 Å². The molecule has 1 N–H and O–H groups in total. The van der Waals surface area contributed by atoms with Crippen LogP contribution >= 0.6 is 46.3 Å². The van der Waals surface area contributed by atoms with E-state index < -0.39 is 0 Å². The first-order valence-electron chi connectivity index (χ1n) is 10.7. The molecule has 0 saturated heterocycles. The van der Waals surface area contributed by atoms with Gasteiger partial charge in [0.1, 0.15) is 6.61 Å². The van der Waals surface area contributed by atoms with Crippen LogP contribution < -0.4 is 14.9 Å². The van der Waals surface area contributed by atoms with Gasteiger partial charge in [0.25, 0.3) is 5.91 Å². The van der Waals surface area contributed by atoms with Gasteiger partial charge in [0, 0.05) is 15.6 Å². The third kappa shape index (κ3) is 7.11. The number of hydrogen-bond donors (Lipinski definition) is 1. The zero-order chi connectivity index (χ0) is 24.6. The van der Waals surface area contributed by atoms with Crippen molar-refractivity contribution in [2.75, 3.05) is 12.4 Å². The molecular formula is C25H21Cl2N3O3S2. The molecule has 0 fully saturated rings. The average Bonchev–Trinajstić information content (AvgIpc) is 3.26.